The van der Waals surface area contributed by atoms with Crippen molar-refractivity contribution in [1.82, 2.24) is 9.97 Å². The van der Waals surface area contributed by atoms with E-state index in [4.69, 9.17) is 0 Å². The molecule has 2 heterocycles. The van der Waals surface area contributed by atoms with Gasteiger partial charge >= 0.3 is 0 Å². The molecule has 0 radical (unpaired) electrons. The molecule has 0 aliphatic rings. The number of nitrogens with one attached hydrogen (secondary N) is 2. The third-order valence-electron chi connectivity index (χ3n) is 3.56. The van der Waals surface area contributed by atoms with Gasteiger partial charge in [-0.05, 0) is 52.7 Å². The van der Waals surface area contributed by atoms with E-state index in [0.717, 1.165) is 22.3 Å². The molecule has 1 unspecified atom stereocenters. The fourth-order valence-electron chi connectivity index (χ4n) is 2.50. The zero-order valence-corrected chi connectivity index (χ0v) is 13.1. The molecule has 3 nitrogen and oxygen atoms in total. The van der Waals surface area contributed by atoms with Crippen LogP contribution in [0.3, 0.4) is 0 Å². The Bertz CT molecular complexity index is 755. The smallest absolute Gasteiger partial charge is 0.166 e. The molecule has 3 rings (SSSR count). The van der Waals surface area contributed by atoms with Crippen LogP contribution >= 0.6 is 15.9 Å². The number of hydrogen-bond acceptors (Lipinski definition) is 1. The highest BCUT2D eigenvalue weighted by molar-refractivity contribution is 9.10. The molecule has 2 aromatic heterocycles. The standard InChI is InChI=1S/C17H15BrN2O/c1-11-2-4-12(5-3-11)17(15-8-9-16(18)20-15)14-7-6-13(10-21)19-14/h2-10,17,19-20H,1H3. The highest BCUT2D eigenvalue weighted by Gasteiger charge is 2.19. The van der Waals surface area contributed by atoms with Crippen LogP contribution in [-0.4, -0.2) is 16.3 Å². The third kappa shape index (κ3) is 2.85. The normalized spacial score (nSPS) is 12.3. The van der Waals surface area contributed by atoms with E-state index in [-0.39, 0.29) is 5.92 Å². The Hall–Kier alpha value is -2.07. The van der Waals surface area contributed by atoms with Crippen LogP contribution in [0.25, 0.3) is 0 Å². The minimum Gasteiger partial charge on any atom is -0.355 e. The Balaban J connectivity index is 2.10. The van der Waals surface area contributed by atoms with Gasteiger partial charge in [0.1, 0.15) is 0 Å². The highest BCUT2D eigenvalue weighted by atomic mass is 79.9. The Morgan fingerprint density at radius 3 is 2.19 bits per heavy atom. The van der Waals surface area contributed by atoms with E-state index >= 15 is 0 Å². The quantitative estimate of drug-likeness (QED) is 0.678. The van der Waals surface area contributed by atoms with E-state index in [9.17, 15) is 4.79 Å². The zero-order chi connectivity index (χ0) is 14.8. The van der Waals surface area contributed by atoms with Crippen molar-refractivity contribution >= 4 is 22.2 Å². The molecule has 2 N–H and O–H groups in total. The Morgan fingerprint density at radius 2 is 1.62 bits per heavy atom. The van der Waals surface area contributed by atoms with Crippen LogP contribution in [0.5, 0.6) is 0 Å². The fraction of sp³-hybridized carbons (Fsp3) is 0.118. The van der Waals surface area contributed by atoms with Gasteiger partial charge in [-0.15, -0.1) is 0 Å². The van der Waals surface area contributed by atoms with Gasteiger partial charge in [-0.1, -0.05) is 29.8 Å². The lowest BCUT2D eigenvalue weighted by atomic mass is 9.92. The largest absolute Gasteiger partial charge is 0.355 e. The first-order valence-electron chi connectivity index (χ1n) is 6.72. The van der Waals surface area contributed by atoms with E-state index in [2.05, 4.69) is 63.2 Å². The molecular formula is C17H15BrN2O. The van der Waals surface area contributed by atoms with Crippen molar-refractivity contribution in [3.63, 3.8) is 0 Å². The summed E-state index contributed by atoms with van der Waals surface area (Å²) in [5, 5.41) is 0. The van der Waals surface area contributed by atoms with Gasteiger partial charge in [0, 0.05) is 11.4 Å². The summed E-state index contributed by atoms with van der Waals surface area (Å²) >= 11 is 3.45. The summed E-state index contributed by atoms with van der Waals surface area (Å²) in [5.74, 6) is 0.0469. The summed E-state index contributed by atoms with van der Waals surface area (Å²) in [4.78, 5) is 17.4. The number of aromatic amines is 2. The van der Waals surface area contributed by atoms with Crippen molar-refractivity contribution in [3.8, 4) is 0 Å². The molecule has 1 aromatic carbocycles. The van der Waals surface area contributed by atoms with Crippen LogP contribution < -0.4 is 0 Å². The Kier molecular flexibility index (Phi) is 3.80. The Labute approximate surface area is 131 Å². The van der Waals surface area contributed by atoms with E-state index in [1.54, 1.807) is 0 Å². The number of aldehydes is 1. The van der Waals surface area contributed by atoms with Crippen LogP contribution in [0.2, 0.25) is 0 Å². The molecular weight excluding hydrogens is 328 g/mol. The zero-order valence-electron chi connectivity index (χ0n) is 11.6. The van der Waals surface area contributed by atoms with Crippen molar-refractivity contribution in [2.24, 2.45) is 0 Å². The summed E-state index contributed by atoms with van der Waals surface area (Å²) in [7, 11) is 0. The van der Waals surface area contributed by atoms with Crippen molar-refractivity contribution in [2.45, 2.75) is 12.8 Å². The first-order chi connectivity index (χ1) is 10.2. The number of H-pyrrole nitrogens is 2. The van der Waals surface area contributed by atoms with Crippen LogP contribution in [-0.2, 0) is 0 Å². The number of carbonyl (C=O) groups excluding carboxylic acids is 1. The van der Waals surface area contributed by atoms with Gasteiger partial charge in [0.2, 0.25) is 0 Å². The summed E-state index contributed by atoms with van der Waals surface area (Å²) in [6.07, 6.45) is 0.834. The van der Waals surface area contributed by atoms with Crippen molar-refractivity contribution in [1.29, 1.82) is 0 Å². The molecule has 0 amide bonds. The van der Waals surface area contributed by atoms with Gasteiger partial charge in [0.25, 0.3) is 0 Å². The number of carbonyl (C=O) groups is 1. The third-order valence-corrected chi connectivity index (χ3v) is 4.03. The number of hydrogen-bond donors (Lipinski definition) is 2. The second-order valence-corrected chi connectivity index (χ2v) is 5.95. The van der Waals surface area contributed by atoms with E-state index in [1.165, 1.54) is 11.1 Å². The maximum atomic E-state index is 10.9. The maximum absolute atomic E-state index is 10.9. The van der Waals surface area contributed by atoms with Gasteiger partial charge in [-0.25, -0.2) is 0 Å². The lowest BCUT2D eigenvalue weighted by Crippen LogP contribution is -2.04. The molecule has 1 atom stereocenters. The van der Waals surface area contributed by atoms with Crippen molar-refractivity contribution in [2.75, 3.05) is 0 Å². The van der Waals surface area contributed by atoms with E-state index in [0.29, 0.717) is 5.69 Å². The number of rotatable bonds is 4. The molecule has 0 fully saturated rings. The lowest BCUT2D eigenvalue weighted by molar-refractivity contribution is 0.111. The van der Waals surface area contributed by atoms with Gasteiger partial charge < -0.3 is 9.97 Å². The molecule has 4 heteroatoms. The molecule has 0 bridgehead atoms. The molecule has 0 spiro atoms. The van der Waals surface area contributed by atoms with Gasteiger partial charge in [-0.3, -0.25) is 4.79 Å². The van der Waals surface area contributed by atoms with E-state index in [1.807, 2.05) is 18.2 Å². The van der Waals surface area contributed by atoms with Crippen molar-refractivity contribution < 1.29 is 4.79 Å². The fourth-order valence-corrected chi connectivity index (χ4v) is 2.87. The minimum atomic E-state index is 0.0469. The average Bonchev–Trinajstić information content (AvgIpc) is 3.11. The minimum absolute atomic E-state index is 0.0469. The van der Waals surface area contributed by atoms with Gasteiger partial charge in [0.15, 0.2) is 6.29 Å². The van der Waals surface area contributed by atoms with Crippen LogP contribution in [0, 0.1) is 6.92 Å². The Morgan fingerprint density at radius 1 is 0.952 bits per heavy atom. The number of benzene rings is 1. The molecule has 106 valence electrons. The van der Waals surface area contributed by atoms with Crippen LogP contribution in [0.15, 0.2) is 53.1 Å². The van der Waals surface area contributed by atoms with Gasteiger partial charge in [-0.2, -0.15) is 0 Å². The number of aromatic nitrogens is 2. The van der Waals surface area contributed by atoms with Crippen LogP contribution in [0.4, 0.5) is 0 Å². The molecule has 3 aromatic rings. The number of halogens is 1. The molecule has 0 aliphatic heterocycles. The first kappa shape index (κ1) is 13.9. The SMILES string of the molecule is Cc1ccc(C(c2ccc(Br)[nH]2)c2ccc(C=O)[nH]2)cc1. The topological polar surface area (TPSA) is 48.6 Å². The molecule has 21 heavy (non-hydrogen) atoms. The highest BCUT2D eigenvalue weighted by Crippen LogP contribution is 2.31. The predicted molar refractivity (Wildman–Crippen MR) is 86.8 cm³/mol. The molecule has 0 saturated heterocycles. The lowest BCUT2D eigenvalue weighted by Gasteiger charge is -2.15. The first-order valence-corrected chi connectivity index (χ1v) is 7.52. The van der Waals surface area contributed by atoms with Gasteiger partial charge in [0.05, 0.1) is 16.2 Å². The van der Waals surface area contributed by atoms with Crippen LogP contribution in [0.1, 0.15) is 38.9 Å². The second kappa shape index (κ2) is 5.74. The maximum Gasteiger partial charge on any atom is 0.166 e. The second-order valence-electron chi connectivity index (χ2n) is 5.09. The summed E-state index contributed by atoms with van der Waals surface area (Å²) in [5.41, 5.74) is 5.06. The van der Waals surface area contributed by atoms with Crippen molar-refractivity contribution in [3.05, 3.63) is 81.3 Å². The summed E-state index contributed by atoms with van der Waals surface area (Å²) in [6, 6.07) is 16.3. The predicted octanol–water partition coefficient (Wildman–Crippen LogP) is 4.41. The monoisotopic (exact) mass is 342 g/mol. The summed E-state index contributed by atoms with van der Waals surface area (Å²) < 4.78 is 0.941. The number of aryl methyl sites for hydroxylation is 1. The molecule has 0 saturated carbocycles. The molecule has 0 aliphatic carbocycles. The average molecular weight is 343 g/mol. The summed E-state index contributed by atoms with van der Waals surface area (Å²) in [6.45, 7) is 2.07. The van der Waals surface area contributed by atoms with E-state index < -0.39 is 0 Å².